The summed E-state index contributed by atoms with van der Waals surface area (Å²) < 4.78 is 55.6. The van der Waals surface area contributed by atoms with E-state index in [9.17, 15) is 14.4 Å². The monoisotopic (exact) mass is 921 g/mol. The third kappa shape index (κ3) is 47.6. The molecular formula is C40H92FeO13Si3. The van der Waals surface area contributed by atoms with Gasteiger partial charge in [0.25, 0.3) is 0 Å². The minimum atomic E-state index is -3.66. The smallest absolute Gasteiger partial charge is 0.381 e. The summed E-state index contributed by atoms with van der Waals surface area (Å²) in [6.07, 6.45) is 2.56. The standard InChI is InChI=1S/3C12H28O4Si.C4H8O.Fe/c3*1-10(2,3)14-17(13,15-11(4,5)6)16-12(7,8)9;1-2-4-5-3-1;/h3*13H,1-9H3;1-4H2;. The summed E-state index contributed by atoms with van der Waals surface area (Å²) in [4.78, 5) is 31.5. The van der Waals surface area contributed by atoms with Gasteiger partial charge in [0.2, 0.25) is 0 Å². The van der Waals surface area contributed by atoms with Crippen molar-refractivity contribution in [2.45, 2.75) is 250 Å². The van der Waals surface area contributed by atoms with Crippen molar-refractivity contribution < 1.29 is 76.0 Å². The van der Waals surface area contributed by atoms with E-state index in [0.29, 0.717) is 0 Å². The molecule has 17 heteroatoms. The Hall–Kier alpha value is 0.650. The fraction of sp³-hybridized carbons (Fsp3) is 1.00. The Morgan fingerprint density at radius 2 is 0.386 bits per heavy atom. The summed E-state index contributed by atoms with van der Waals surface area (Å²) in [7, 11) is -11.0. The Morgan fingerprint density at radius 1 is 0.281 bits per heavy atom. The van der Waals surface area contributed by atoms with Crippen LogP contribution in [0.3, 0.4) is 0 Å². The van der Waals surface area contributed by atoms with Crippen molar-refractivity contribution in [3.63, 3.8) is 0 Å². The van der Waals surface area contributed by atoms with Crippen LogP contribution in [0.1, 0.15) is 200 Å². The SMILES string of the molecule is C1CCOC1.CC(C)(C)O[Si](O)(OC(C)(C)C)OC(C)(C)C.CC(C)(C)O[Si](O)(OC(C)(C)C)OC(C)(C)C.CC(C)(C)O[Si](O)(OC(C)(C)C)OC(C)(C)C.[Fe]. The molecule has 0 saturated carbocycles. The van der Waals surface area contributed by atoms with Crippen molar-refractivity contribution in [3.8, 4) is 0 Å². The maximum absolute atomic E-state index is 10.5. The van der Waals surface area contributed by atoms with Crippen LogP contribution in [0, 0.1) is 0 Å². The van der Waals surface area contributed by atoms with Crippen LogP contribution in [-0.4, -0.2) is 105 Å². The first-order valence-corrected chi connectivity index (χ1v) is 24.9. The molecule has 1 fully saturated rings. The van der Waals surface area contributed by atoms with Crippen molar-refractivity contribution in [2.24, 2.45) is 0 Å². The number of rotatable bonds is 9. The van der Waals surface area contributed by atoms with E-state index >= 15 is 0 Å². The molecule has 0 atom stereocenters. The second-order valence-corrected chi connectivity index (χ2v) is 27.8. The summed E-state index contributed by atoms with van der Waals surface area (Å²) in [5.74, 6) is 0. The molecule has 13 nitrogen and oxygen atoms in total. The van der Waals surface area contributed by atoms with Gasteiger partial charge in [-0.3, -0.25) is 0 Å². The maximum Gasteiger partial charge on any atom is 0.678 e. The third-order valence-corrected chi connectivity index (χ3v) is 12.6. The average Bonchev–Trinajstić information content (AvgIpc) is 3.25. The van der Waals surface area contributed by atoms with Gasteiger partial charge >= 0.3 is 27.1 Å². The molecule has 1 aliphatic rings. The van der Waals surface area contributed by atoms with Gasteiger partial charge in [0, 0.05) is 30.3 Å². The van der Waals surface area contributed by atoms with Crippen molar-refractivity contribution in [1.82, 2.24) is 0 Å². The first-order valence-electron chi connectivity index (χ1n) is 19.9. The number of ether oxygens (including phenoxy) is 1. The van der Waals surface area contributed by atoms with Crippen LogP contribution in [0.15, 0.2) is 0 Å². The fourth-order valence-corrected chi connectivity index (χ4v) is 11.5. The van der Waals surface area contributed by atoms with Crippen LogP contribution in [0.2, 0.25) is 0 Å². The molecule has 0 radical (unpaired) electrons. The molecule has 0 aliphatic carbocycles. The molecule has 0 aromatic carbocycles. The maximum atomic E-state index is 10.5. The molecule has 57 heavy (non-hydrogen) atoms. The van der Waals surface area contributed by atoms with E-state index in [1.807, 2.05) is 187 Å². The van der Waals surface area contributed by atoms with Gasteiger partial charge in [-0.1, -0.05) is 0 Å². The first kappa shape index (κ1) is 64.3. The predicted octanol–water partition coefficient (Wildman–Crippen LogP) is 9.37. The molecule has 1 aliphatic heterocycles. The van der Waals surface area contributed by atoms with Gasteiger partial charge < -0.3 is 59.0 Å². The van der Waals surface area contributed by atoms with E-state index in [1.54, 1.807) is 0 Å². The Morgan fingerprint density at radius 3 is 0.439 bits per heavy atom. The second-order valence-electron chi connectivity index (χ2n) is 22.8. The van der Waals surface area contributed by atoms with Gasteiger partial charge in [0.1, 0.15) is 0 Å². The fourth-order valence-electron chi connectivity index (χ4n) is 4.18. The summed E-state index contributed by atoms with van der Waals surface area (Å²) in [5, 5.41) is 0. The molecule has 0 amide bonds. The molecule has 1 rings (SSSR count). The van der Waals surface area contributed by atoms with Crippen LogP contribution < -0.4 is 0 Å². The molecule has 0 aromatic heterocycles. The van der Waals surface area contributed by atoms with Crippen LogP contribution in [0.4, 0.5) is 0 Å². The zero-order chi connectivity index (χ0) is 45.9. The summed E-state index contributed by atoms with van der Waals surface area (Å²) >= 11 is 0. The molecule has 0 unspecified atom stereocenters. The van der Waals surface area contributed by atoms with E-state index in [0.717, 1.165) is 13.2 Å². The topological polar surface area (TPSA) is 153 Å². The molecule has 0 spiro atoms. The van der Waals surface area contributed by atoms with E-state index in [-0.39, 0.29) is 17.1 Å². The quantitative estimate of drug-likeness (QED) is 0.189. The Balaban J connectivity index is -0.000000343. The zero-order valence-electron chi connectivity index (χ0n) is 41.6. The number of hydrogen-bond acceptors (Lipinski definition) is 13. The summed E-state index contributed by atoms with van der Waals surface area (Å²) in [6, 6.07) is 0. The largest absolute Gasteiger partial charge is 0.678 e. The van der Waals surface area contributed by atoms with Gasteiger partial charge in [-0.25, -0.2) is 0 Å². The van der Waals surface area contributed by atoms with Gasteiger partial charge in [-0.05, 0) is 200 Å². The molecule has 3 N–H and O–H groups in total. The molecule has 1 heterocycles. The van der Waals surface area contributed by atoms with Crippen molar-refractivity contribution >= 4 is 27.1 Å². The Labute approximate surface area is 365 Å². The third-order valence-electron chi connectivity index (χ3n) is 4.74. The van der Waals surface area contributed by atoms with Crippen LogP contribution >= 0.6 is 0 Å². The van der Waals surface area contributed by atoms with E-state index in [1.165, 1.54) is 12.8 Å². The van der Waals surface area contributed by atoms with E-state index < -0.39 is 77.6 Å². The second kappa shape index (κ2) is 23.4. The Bertz CT molecular complexity index is 818. The van der Waals surface area contributed by atoms with Crippen LogP contribution in [-0.2, 0) is 61.6 Å². The van der Waals surface area contributed by atoms with Crippen molar-refractivity contribution in [3.05, 3.63) is 0 Å². The van der Waals surface area contributed by atoms with Gasteiger partial charge in [0.05, 0.1) is 50.4 Å². The molecule has 350 valence electrons. The number of hydrogen-bond donors (Lipinski definition) is 3. The minimum Gasteiger partial charge on any atom is -0.381 e. The molecular weight excluding hydrogens is 829 g/mol. The van der Waals surface area contributed by atoms with Gasteiger partial charge in [0.15, 0.2) is 0 Å². The first-order chi connectivity index (χ1) is 23.9. The van der Waals surface area contributed by atoms with E-state index in [2.05, 4.69) is 0 Å². The zero-order valence-corrected chi connectivity index (χ0v) is 45.7. The normalized spacial score (nSPS) is 15.7. The predicted molar refractivity (Wildman–Crippen MR) is 232 cm³/mol. The van der Waals surface area contributed by atoms with Crippen molar-refractivity contribution in [1.29, 1.82) is 0 Å². The molecule has 0 bridgehead atoms. The van der Waals surface area contributed by atoms with Crippen LogP contribution in [0.25, 0.3) is 0 Å². The Kier molecular flexibility index (Phi) is 26.3. The van der Waals surface area contributed by atoms with Gasteiger partial charge in [-0.15, -0.1) is 0 Å². The van der Waals surface area contributed by atoms with E-state index in [4.69, 9.17) is 44.6 Å². The summed E-state index contributed by atoms with van der Waals surface area (Å²) in [5.41, 5.74) is -4.65. The average molecular weight is 921 g/mol. The minimum absolute atomic E-state index is 0. The van der Waals surface area contributed by atoms with Crippen molar-refractivity contribution in [2.75, 3.05) is 13.2 Å². The molecule has 0 aromatic rings. The van der Waals surface area contributed by atoms with Crippen LogP contribution in [0.5, 0.6) is 0 Å². The summed E-state index contributed by atoms with van der Waals surface area (Å²) in [6.45, 7) is 52.3. The van der Waals surface area contributed by atoms with Gasteiger partial charge in [-0.2, -0.15) is 0 Å². The molecule has 1 saturated heterocycles.